The Morgan fingerprint density at radius 1 is 1.22 bits per heavy atom. The number of phenols is 3. The van der Waals surface area contributed by atoms with E-state index in [9.17, 15) is 25.2 Å². The topological polar surface area (TPSA) is 127 Å². The molecule has 18 heavy (non-hydrogen) atoms. The fourth-order valence-electron chi connectivity index (χ4n) is 1.35. The number of carbonyl (C=O) groups excluding carboxylic acids is 1. The quantitative estimate of drug-likeness (QED) is 0.372. The Labute approximate surface area is 103 Å². The number of aliphatic hydroxyl groups excluding tert-OH is 2. The lowest BCUT2D eigenvalue weighted by Gasteiger charge is -2.18. The molecule has 1 aromatic rings. The summed E-state index contributed by atoms with van der Waals surface area (Å²) in [6, 6.07) is 2.07. The molecule has 0 radical (unpaired) electrons. The zero-order chi connectivity index (χ0) is 13.9. The molecular formula is C11H14O7. The minimum Gasteiger partial charge on any atom is -0.504 e. The molecule has 0 aliphatic rings. The van der Waals surface area contributed by atoms with Gasteiger partial charge in [0.05, 0.1) is 6.61 Å². The van der Waals surface area contributed by atoms with Gasteiger partial charge in [0, 0.05) is 5.56 Å². The van der Waals surface area contributed by atoms with Crippen LogP contribution in [-0.4, -0.2) is 44.2 Å². The summed E-state index contributed by atoms with van der Waals surface area (Å²) in [7, 11) is 0. The molecule has 1 aromatic carbocycles. The smallest absolute Gasteiger partial charge is 0.338 e. The number of carbonyl (C=O) groups is 1. The molecule has 2 unspecified atom stereocenters. The van der Waals surface area contributed by atoms with Gasteiger partial charge in [0.25, 0.3) is 0 Å². The second kappa shape index (κ2) is 5.56. The average Bonchev–Trinajstić information content (AvgIpc) is 2.35. The first-order valence-electron chi connectivity index (χ1n) is 5.16. The molecule has 0 amide bonds. The lowest BCUT2D eigenvalue weighted by atomic mass is 10.0. The molecule has 7 heteroatoms. The van der Waals surface area contributed by atoms with Gasteiger partial charge in [-0.25, -0.2) is 4.79 Å². The zero-order valence-electron chi connectivity index (χ0n) is 9.57. The Balaban J connectivity index is 3.00. The van der Waals surface area contributed by atoms with Crippen LogP contribution in [0.25, 0.3) is 0 Å². The molecule has 0 heterocycles. The number of aromatic hydroxyl groups is 3. The van der Waals surface area contributed by atoms with Crippen LogP contribution in [0.5, 0.6) is 17.2 Å². The Bertz CT molecular complexity index is 443. The maximum absolute atomic E-state index is 11.2. The number of esters is 1. The van der Waals surface area contributed by atoms with Crippen LogP contribution < -0.4 is 0 Å². The van der Waals surface area contributed by atoms with Crippen LogP contribution in [0.4, 0.5) is 0 Å². The number of rotatable bonds is 4. The highest BCUT2D eigenvalue weighted by Crippen LogP contribution is 2.40. The lowest BCUT2D eigenvalue weighted by Crippen LogP contribution is -2.29. The normalized spacial score (nSPS) is 13.9. The van der Waals surface area contributed by atoms with Gasteiger partial charge in [-0.1, -0.05) is 0 Å². The van der Waals surface area contributed by atoms with E-state index in [0.717, 1.165) is 12.1 Å². The van der Waals surface area contributed by atoms with Gasteiger partial charge in [-0.3, -0.25) is 0 Å². The molecule has 0 aliphatic heterocycles. The predicted molar refractivity (Wildman–Crippen MR) is 59.0 cm³/mol. The van der Waals surface area contributed by atoms with E-state index in [1.807, 2.05) is 0 Å². The molecule has 0 spiro atoms. The third-order valence-corrected chi connectivity index (χ3v) is 2.31. The van der Waals surface area contributed by atoms with E-state index < -0.39 is 35.4 Å². The van der Waals surface area contributed by atoms with Gasteiger partial charge in [0.2, 0.25) is 5.75 Å². The first-order chi connectivity index (χ1) is 8.40. The average molecular weight is 258 g/mol. The molecule has 0 saturated carbocycles. The molecule has 0 aliphatic carbocycles. The van der Waals surface area contributed by atoms with Crippen LogP contribution >= 0.6 is 0 Å². The summed E-state index contributed by atoms with van der Waals surface area (Å²) in [5.41, 5.74) is -0.300. The van der Waals surface area contributed by atoms with Crippen LogP contribution in [-0.2, 0) is 9.53 Å². The second-order valence-electron chi connectivity index (χ2n) is 3.51. The third kappa shape index (κ3) is 2.63. The number of ether oxygens (including phenoxy) is 1. The highest BCUT2D eigenvalue weighted by atomic mass is 16.5. The molecule has 5 N–H and O–H groups in total. The van der Waals surface area contributed by atoms with Crippen molar-refractivity contribution in [2.24, 2.45) is 0 Å². The van der Waals surface area contributed by atoms with E-state index in [1.165, 1.54) is 6.92 Å². The van der Waals surface area contributed by atoms with Gasteiger partial charge in [0.1, 0.15) is 6.10 Å². The van der Waals surface area contributed by atoms with Crippen molar-refractivity contribution < 1.29 is 35.1 Å². The van der Waals surface area contributed by atoms with Crippen molar-refractivity contribution in [1.29, 1.82) is 0 Å². The van der Waals surface area contributed by atoms with Gasteiger partial charge >= 0.3 is 5.97 Å². The predicted octanol–water partition coefficient (Wildman–Crippen LogP) is -0.239. The van der Waals surface area contributed by atoms with Crippen LogP contribution in [0.1, 0.15) is 18.6 Å². The largest absolute Gasteiger partial charge is 0.504 e. The molecule has 7 nitrogen and oxygen atoms in total. The molecule has 2 atom stereocenters. The Morgan fingerprint density at radius 2 is 1.83 bits per heavy atom. The van der Waals surface area contributed by atoms with Crippen LogP contribution in [0.3, 0.4) is 0 Å². The maximum atomic E-state index is 11.2. The van der Waals surface area contributed by atoms with Crippen LogP contribution in [0.2, 0.25) is 0 Å². The van der Waals surface area contributed by atoms with Crippen LogP contribution in [0.15, 0.2) is 12.1 Å². The zero-order valence-corrected chi connectivity index (χ0v) is 9.57. The SMILES string of the molecule is CCOC(=O)C(O)C(O)c1ccc(O)c(O)c1O. The fraction of sp³-hybridized carbons (Fsp3) is 0.364. The lowest BCUT2D eigenvalue weighted by molar-refractivity contribution is -0.159. The van der Waals surface area contributed by atoms with Crippen molar-refractivity contribution in [3.63, 3.8) is 0 Å². The Hall–Kier alpha value is -1.99. The summed E-state index contributed by atoms with van der Waals surface area (Å²) >= 11 is 0. The summed E-state index contributed by atoms with van der Waals surface area (Å²) in [5.74, 6) is -3.31. The number of hydrogen-bond acceptors (Lipinski definition) is 7. The summed E-state index contributed by atoms with van der Waals surface area (Å²) in [6.45, 7) is 1.55. The second-order valence-corrected chi connectivity index (χ2v) is 3.51. The van der Waals surface area contributed by atoms with Crippen LogP contribution in [0, 0.1) is 0 Å². The maximum Gasteiger partial charge on any atom is 0.338 e. The molecule has 0 saturated heterocycles. The standard InChI is InChI=1S/C11H14O7/c1-2-18-11(17)10(16)8(14)5-3-4-6(12)9(15)7(5)13/h3-4,8,10,12-16H,2H2,1H3. The first-order valence-corrected chi connectivity index (χ1v) is 5.16. The number of aliphatic hydroxyl groups is 2. The number of benzene rings is 1. The first kappa shape index (κ1) is 14.1. The molecule has 0 aromatic heterocycles. The molecule has 0 bridgehead atoms. The van der Waals surface area contributed by atoms with E-state index >= 15 is 0 Å². The van der Waals surface area contributed by atoms with Crippen molar-refractivity contribution in [2.45, 2.75) is 19.1 Å². The molecular weight excluding hydrogens is 244 g/mol. The minimum atomic E-state index is -1.90. The summed E-state index contributed by atoms with van der Waals surface area (Å²) in [4.78, 5) is 11.2. The molecule has 1 rings (SSSR count). The van der Waals surface area contributed by atoms with Gasteiger partial charge in [0.15, 0.2) is 17.6 Å². The molecule has 100 valence electrons. The highest BCUT2D eigenvalue weighted by Gasteiger charge is 2.30. The van der Waals surface area contributed by atoms with Crippen molar-refractivity contribution in [2.75, 3.05) is 6.61 Å². The Kier molecular flexibility index (Phi) is 4.35. The van der Waals surface area contributed by atoms with E-state index in [2.05, 4.69) is 4.74 Å². The summed E-state index contributed by atoms with van der Waals surface area (Å²) in [6.07, 6.45) is -3.68. The monoisotopic (exact) mass is 258 g/mol. The number of phenolic OH excluding ortho intramolecular Hbond substituents is 3. The summed E-state index contributed by atoms with van der Waals surface area (Å²) in [5, 5.41) is 47.0. The Morgan fingerprint density at radius 3 is 2.39 bits per heavy atom. The minimum absolute atomic E-state index is 0.0232. The third-order valence-electron chi connectivity index (χ3n) is 2.31. The van der Waals surface area contributed by atoms with Gasteiger partial charge in [-0.2, -0.15) is 0 Å². The van der Waals surface area contributed by atoms with Gasteiger partial charge < -0.3 is 30.3 Å². The van der Waals surface area contributed by atoms with E-state index in [4.69, 9.17) is 5.11 Å². The van der Waals surface area contributed by atoms with Crippen molar-refractivity contribution in [3.05, 3.63) is 17.7 Å². The van der Waals surface area contributed by atoms with E-state index in [1.54, 1.807) is 0 Å². The molecule has 0 fully saturated rings. The van der Waals surface area contributed by atoms with Crippen molar-refractivity contribution in [1.82, 2.24) is 0 Å². The van der Waals surface area contributed by atoms with Crippen molar-refractivity contribution >= 4 is 5.97 Å². The van der Waals surface area contributed by atoms with E-state index in [0.29, 0.717) is 0 Å². The van der Waals surface area contributed by atoms with Gasteiger partial charge in [-0.15, -0.1) is 0 Å². The van der Waals surface area contributed by atoms with Crippen molar-refractivity contribution in [3.8, 4) is 17.2 Å². The van der Waals surface area contributed by atoms with E-state index in [-0.39, 0.29) is 12.2 Å². The summed E-state index contributed by atoms with van der Waals surface area (Å²) < 4.78 is 4.50. The number of hydrogen-bond donors (Lipinski definition) is 5. The highest BCUT2D eigenvalue weighted by molar-refractivity contribution is 5.75. The fourth-order valence-corrected chi connectivity index (χ4v) is 1.35. The van der Waals surface area contributed by atoms with Gasteiger partial charge in [-0.05, 0) is 19.1 Å².